The number of benzene rings is 1. The van der Waals surface area contributed by atoms with Gasteiger partial charge in [0.2, 0.25) is 5.91 Å². The Morgan fingerprint density at radius 3 is 2.38 bits per heavy atom. The van der Waals surface area contributed by atoms with E-state index in [1.807, 2.05) is 39.0 Å². The lowest BCUT2D eigenvalue weighted by Gasteiger charge is -2.27. The zero-order chi connectivity index (χ0) is 12.3. The molecule has 1 unspecified atom stereocenters. The third-order valence-electron chi connectivity index (χ3n) is 2.39. The lowest BCUT2D eigenvalue weighted by molar-refractivity contribution is -0.114. The number of aliphatic hydroxyl groups is 1. The molecule has 0 aliphatic rings. The lowest BCUT2D eigenvalue weighted by atomic mass is 9.84. The van der Waals surface area contributed by atoms with Gasteiger partial charge in [-0.15, -0.1) is 0 Å². The molecule has 16 heavy (non-hydrogen) atoms. The number of carbonyl (C=O) groups is 1. The molecule has 0 aliphatic carbocycles. The average Bonchev–Trinajstić information content (AvgIpc) is 2.15. The Labute approximate surface area is 96.5 Å². The second-order valence-corrected chi connectivity index (χ2v) is 5.04. The van der Waals surface area contributed by atoms with Crippen LogP contribution in [0, 0.1) is 5.41 Å². The minimum atomic E-state index is -0.601. The highest BCUT2D eigenvalue weighted by atomic mass is 16.3. The van der Waals surface area contributed by atoms with Gasteiger partial charge in [0.1, 0.15) is 0 Å². The molecule has 0 bridgehead atoms. The van der Waals surface area contributed by atoms with Crippen LogP contribution in [0.1, 0.15) is 39.4 Å². The number of anilines is 1. The fraction of sp³-hybridized carbons (Fsp3) is 0.462. The van der Waals surface area contributed by atoms with Crippen LogP contribution in [0.15, 0.2) is 24.3 Å². The summed E-state index contributed by atoms with van der Waals surface area (Å²) in [5, 5.41) is 12.9. The van der Waals surface area contributed by atoms with E-state index >= 15 is 0 Å². The van der Waals surface area contributed by atoms with E-state index in [0.717, 1.165) is 5.56 Å². The first-order valence-electron chi connectivity index (χ1n) is 5.37. The van der Waals surface area contributed by atoms with E-state index in [1.165, 1.54) is 6.92 Å². The molecule has 0 aliphatic heterocycles. The topological polar surface area (TPSA) is 49.3 Å². The molecule has 3 nitrogen and oxygen atoms in total. The number of aliphatic hydroxyl groups excluding tert-OH is 1. The number of para-hydroxylation sites is 1. The highest BCUT2D eigenvalue weighted by molar-refractivity contribution is 5.89. The second-order valence-electron chi connectivity index (χ2n) is 5.04. The summed E-state index contributed by atoms with van der Waals surface area (Å²) >= 11 is 0. The van der Waals surface area contributed by atoms with Crippen LogP contribution in [0.5, 0.6) is 0 Å². The van der Waals surface area contributed by atoms with Crippen molar-refractivity contribution in [2.75, 3.05) is 5.32 Å². The summed E-state index contributed by atoms with van der Waals surface area (Å²) < 4.78 is 0. The summed E-state index contributed by atoms with van der Waals surface area (Å²) in [6.07, 6.45) is -0.601. The standard InChI is InChI=1S/C13H19NO2/c1-9(15)14-11-8-6-5-7-10(11)12(16)13(2,3)4/h5-8,12,16H,1-4H3,(H,14,15). The predicted octanol–water partition coefficient (Wildman–Crippen LogP) is 2.72. The van der Waals surface area contributed by atoms with Crippen molar-refractivity contribution < 1.29 is 9.90 Å². The van der Waals surface area contributed by atoms with Crippen LogP contribution in [0.2, 0.25) is 0 Å². The molecule has 0 aromatic heterocycles. The number of rotatable bonds is 2. The van der Waals surface area contributed by atoms with Gasteiger partial charge in [-0.2, -0.15) is 0 Å². The van der Waals surface area contributed by atoms with Crippen molar-refractivity contribution in [3.8, 4) is 0 Å². The van der Waals surface area contributed by atoms with E-state index in [4.69, 9.17) is 0 Å². The number of carbonyl (C=O) groups excluding carboxylic acids is 1. The van der Waals surface area contributed by atoms with Crippen LogP contribution >= 0.6 is 0 Å². The maximum atomic E-state index is 11.0. The summed E-state index contributed by atoms with van der Waals surface area (Å²) in [4.78, 5) is 11.0. The van der Waals surface area contributed by atoms with Gasteiger partial charge in [0.15, 0.2) is 0 Å². The van der Waals surface area contributed by atoms with E-state index in [2.05, 4.69) is 5.32 Å². The Kier molecular flexibility index (Phi) is 3.70. The Bertz CT molecular complexity index is 380. The fourth-order valence-electron chi connectivity index (χ4n) is 1.51. The first-order chi connectivity index (χ1) is 7.32. The maximum absolute atomic E-state index is 11.0. The molecule has 1 aromatic carbocycles. The molecule has 1 aromatic rings. The van der Waals surface area contributed by atoms with Crippen molar-refractivity contribution in [1.29, 1.82) is 0 Å². The molecule has 0 heterocycles. The molecule has 0 radical (unpaired) electrons. The molecule has 1 atom stereocenters. The summed E-state index contributed by atoms with van der Waals surface area (Å²) in [5.74, 6) is -0.131. The Balaban J connectivity index is 3.08. The summed E-state index contributed by atoms with van der Waals surface area (Å²) in [7, 11) is 0. The van der Waals surface area contributed by atoms with Crippen LogP contribution in [-0.4, -0.2) is 11.0 Å². The van der Waals surface area contributed by atoms with E-state index < -0.39 is 6.10 Å². The van der Waals surface area contributed by atoms with Gasteiger partial charge in [0, 0.05) is 18.2 Å². The van der Waals surface area contributed by atoms with Crippen molar-refractivity contribution in [3.63, 3.8) is 0 Å². The monoisotopic (exact) mass is 221 g/mol. The highest BCUT2D eigenvalue weighted by Crippen LogP contribution is 2.35. The fourth-order valence-corrected chi connectivity index (χ4v) is 1.51. The molecule has 0 saturated heterocycles. The Morgan fingerprint density at radius 2 is 1.88 bits per heavy atom. The van der Waals surface area contributed by atoms with E-state index in [9.17, 15) is 9.90 Å². The smallest absolute Gasteiger partial charge is 0.221 e. The number of hydrogen-bond donors (Lipinski definition) is 2. The van der Waals surface area contributed by atoms with E-state index in [-0.39, 0.29) is 11.3 Å². The zero-order valence-electron chi connectivity index (χ0n) is 10.2. The number of nitrogens with one attached hydrogen (secondary N) is 1. The molecule has 1 amide bonds. The average molecular weight is 221 g/mol. The molecule has 1 rings (SSSR count). The van der Waals surface area contributed by atoms with Gasteiger partial charge in [0.25, 0.3) is 0 Å². The van der Waals surface area contributed by atoms with Crippen molar-refractivity contribution in [3.05, 3.63) is 29.8 Å². The van der Waals surface area contributed by atoms with Gasteiger partial charge in [-0.05, 0) is 11.5 Å². The highest BCUT2D eigenvalue weighted by Gasteiger charge is 2.25. The van der Waals surface area contributed by atoms with Crippen LogP contribution in [0.3, 0.4) is 0 Å². The van der Waals surface area contributed by atoms with Crippen LogP contribution < -0.4 is 5.32 Å². The third-order valence-corrected chi connectivity index (χ3v) is 2.39. The molecule has 2 N–H and O–H groups in total. The Hall–Kier alpha value is -1.35. The summed E-state index contributed by atoms with van der Waals surface area (Å²) in [6, 6.07) is 7.33. The SMILES string of the molecule is CC(=O)Nc1ccccc1C(O)C(C)(C)C. The van der Waals surface area contributed by atoms with Crippen LogP contribution in [0.4, 0.5) is 5.69 Å². The van der Waals surface area contributed by atoms with Gasteiger partial charge < -0.3 is 10.4 Å². The molecule has 0 fully saturated rings. The lowest BCUT2D eigenvalue weighted by Crippen LogP contribution is -2.20. The van der Waals surface area contributed by atoms with E-state index in [0.29, 0.717) is 5.69 Å². The normalized spacial score (nSPS) is 13.3. The largest absolute Gasteiger partial charge is 0.388 e. The zero-order valence-corrected chi connectivity index (χ0v) is 10.2. The van der Waals surface area contributed by atoms with Gasteiger partial charge in [-0.3, -0.25) is 4.79 Å². The minimum Gasteiger partial charge on any atom is -0.388 e. The summed E-state index contributed by atoms with van der Waals surface area (Å²) in [5.41, 5.74) is 1.18. The Morgan fingerprint density at radius 1 is 1.31 bits per heavy atom. The predicted molar refractivity (Wildman–Crippen MR) is 65.2 cm³/mol. The number of amides is 1. The molecular formula is C13H19NO2. The van der Waals surface area contributed by atoms with Crippen LogP contribution in [0.25, 0.3) is 0 Å². The van der Waals surface area contributed by atoms with Crippen molar-refractivity contribution in [1.82, 2.24) is 0 Å². The van der Waals surface area contributed by atoms with E-state index in [1.54, 1.807) is 6.07 Å². The molecule has 0 saturated carbocycles. The first kappa shape index (κ1) is 12.7. The minimum absolute atomic E-state index is 0.131. The molecule has 3 heteroatoms. The second kappa shape index (κ2) is 4.66. The number of hydrogen-bond acceptors (Lipinski definition) is 2. The van der Waals surface area contributed by atoms with Crippen molar-refractivity contribution in [2.24, 2.45) is 5.41 Å². The van der Waals surface area contributed by atoms with Crippen molar-refractivity contribution in [2.45, 2.75) is 33.8 Å². The first-order valence-corrected chi connectivity index (χ1v) is 5.37. The van der Waals surface area contributed by atoms with Crippen LogP contribution in [-0.2, 0) is 4.79 Å². The van der Waals surface area contributed by atoms with Gasteiger partial charge >= 0.3 is 0 Å². The van der Waals surface area contributed by atoms with Gasteiger partial charge in [0.05, 0.1) is 6.10 Å². The quantitative estimate of drug-likeness (QED) is 0.806. The molecule has 0 spiro atoms. The van der Waals surface area contributed by atoms with Crippen molar-refractivity contribution >= 4 is 11.6 Å². The molecule has 88 valence electrons. The van der Waals surface area contributed by atoms with Gasteiger partial charge in [-0.25, -0.2) is 0 Å². The third kappa shape index (κ3) is 3.07. The maximum Gasteiger partial charge on any atom is 0.221 e. The molecular weight excluding hydrogens is 202 g/mol. The summed E-state index contributed by atoms with van der Waals surface area (Å²) in [6.45, 7) is 7.34. The van der Waals surface area contributed by atoms with Gasteiger partial charge in [-0.1, -0.05) is 39.0 Å².